The molecule has 7 heteroatoms. The summed E-state index contributed by atoms with van der Waals surface area (Å²) >= 11 is 0. The minimum atomic E-state index is -4.16. The number of aromatic nitrogens is 3. The highest BCUT2D eigenvalue weighted by Gasteiger charge is 2.26. The molecule has 0 aliphatic rings. The van der Waals surface area contributed by atoms with E-state index in [1.807, 2.05) is 25.1 Å². The van der Waals surface area contributed by atoms with Crippen LogP contribution in [0.4, 0.5) is 13.2 Å². The van der Waals surface area contributed by atoms with E-state index in [2.05, 4.69) is 15.0 Å². The Balaban J connectivity index is 1.90. The summed E-state index contributed by atoms with van der Waals surface area (Å²) in [5.74, 6) is 0. The van der Waals surface area contributed by atoms with E-state index in [1.165, 1.54) is 12.4 Å². The number of ether oxygens (including phenoxy) is 1. The summed E-state index contributed by atoms with van der Waals surface area (Å²) in [5, 5.41) is 0. The number of nitrogens with zero attached hydrogens (tertiary/aromatic N) is 3. The molecule has 0 aliphatic carbocycles. The molecule has 0 fully saturated rings. The zero-order valence-electron chi connectivity index (χ0n) is 11.4. The van der Waals surface area contributed by atoms with E-state index in [-0.39, 0.29) is 19.0 Å². The van der Waals surface area contributed by atoms with Gasteiger partial charge in [0.25, 0.3) is 0 Å². The number of hydrogen-bond donors (Lipinski definition) is 0. The van der Waals surface area contributed by atoms with Gasteiger partial charge in [-0.2, -0.15) is 13.2 Å². The van der Waals surface area contributed by atoms with Gasteiger partial charge >= 0.3 is 12.2 Å². The van der Waals surface area contributed by atoms with Crippen LogP contribution in [-0.2, 0) is 0 Å². The van der Waals surface area contributed by atoms with Crippen LogP contribution in [0.15, 0.2) is 30.6 Å². The van der Waals surface area contributed by atoms with Crippen molar-refractivity contribution in [1.29, 1.82) is 0 Å². The Morgan fingerprint density at radius 1 is 1.14 bits per heavy atom. The van der Waals surface area contributed by atoms with Gasteiger partial charge in [0, 0.05) is 30.1 Å². The van der Waals surface area contributed by atoms with Gasteiger partial charge in [-0.1, -0.05) is 6.07 Å². The van der Waals surface area contributed by atoms with Gasteiger partial charge in [0.1, 0.15) is 0 Å². The molecule has 2 aromatic heterocycles. The van der Waals surface area contributed by atoms with Crippen LogP contribution in [0.25, 0.3) is 11.3 Å². The normalized spacial score (nSPS) is 11.4. The van der Waals surface area contributed by atoms with E-state index in [1.54, 1.807) is 0 Å². The third-order valence-electron chi connectivity index (χ3n) is 2.65. The van der Waals surface area contributed by atoms with E-state index in [0.29, 0.717) is 0 Å². The Labute approximate surface area is 120 Å². The van der Waals surface area contributed by atoms with Crippen LogP contribution >= 0.6 is 0 Å². The van der Waals surface area contributed by atoms with Gasteiger partial charge in [-0.25, -0.2) is 9.97 Å². The Morgan fingerprint density at radius 2 is 1.86 bits per heavy atom. The second-order valence-electron chi connectivity index (χ2n) is 4.49. The monoisotopic (exact) mass is 297 g/mol. The van der Waals surface area contributed by atoms with Gasteiger partial charge in [-0.3, -0.25) is 4.98 Å². The predicted octanol–water partition coefficient (Wildman–Crippen LogP) is 3.57. The van der Waals surface area contributed by atoms with Gasteiger partial charge in [-0.15, -0.1) is 0 Å². The molecule has 21 heavy (non-hydrogen) atoms. The molecule has 0 atom stereocenters. The van der Waals surface area contributed by atoms with Crippen LogP contribution in [0.5, 0.6) is 6.01 Å². The van der Waals surface area contributed by atoms with Crippen LogP contribution in [0.2, 0.25) is 0 Å². The van der Waals surface area contributed by atoms with E-state index in [4.69, 9.17) is 4.74 Å². The maximum Gasteiger partial charge on any atom is 0.389 e. The van der Waals surface area contributed by atoms with Gasteiger partial charge in [0.05, 0.1) is 12.3 Å². The Kier molecular flexibility index (Phi) is 4.72. The first-order valence-corrected chi connectivity index (χ1v) is 6.40. The van der Waals surface area contributed by atoms with E-state index >= 15 is 0 Å². The smallest absolute Gasteiger partial charge is 0.389 e. The number of hydrogen-bond acceptors (Lipinski definition) is 4. The van der Waals surface area contributed by atoms with Crippen LogP contribution in [-0.4, -0.2) is 27.7 Å². The molecule has 0 saturated heterocycles. The lowest BCUT2D eigenvalue weighted by Gasteiger charge is -2.07. The van der Waals surface area contributed by atoms with E-state index in [0.717, 1.165) is 17.0 Å². The summed E-state index contributed by atoms with van der Waals surface area (Å²) in [6.45, 7) is 1.81. The highest BCUT2D eigenvalue weighted by molar-refractivity contribution is 5.56. The predicted molar refractivity (Wildman–Crippen MR) is 70.8 cm³/mol. The summed E-state index contributed by atoms with van der Waals surface area (Å²) < 4.78 is 41.0. The molecule has 2 heterocycles. The molecule has 0 radical (unpaired) electrons. The Morgan fingerprint density at radius 3 is 2.48 bits per heavy atom. The average molecular weight is 297 g/mol. The molecule has 0 aliphatic heterocycles. The fraction of sp³-hybridized carbons (Fsp3) is 0.357. The molecule has 4 nitrogen and oxygen atoms in total. The highest BCUT2D eigenvalue weighted by atomic mass is 19.4. The summed E-state index contributed by atoms with van der Waals surface area (Å²) in [4.78, 5) is 12.3. The van der Waals surface area contributed by atoms with Crippen molar-refractivity contribution in [2.45, 2.75) is 25.9 Å². The Hall–Kier alpha value is -2.18. The van der Waals surface area contributed by atoms with Crippen LogP contribution in [0.1, 0.15) is 18.5 Å². The summed E-state index contributed by atoms with van der Waals surface area (Å²) in [6, 6.07) is 5.64. The topological polar surface area (TPSA) is 47.9 Å². The Bertz CT molecular complexity index is 585. The van der Waals surface area contributed by atoms with E-state index < -0.39 is 12.6 Å². The molecular formula is C14H14F3N3O. The summed E-state index contributed by atoms with van der Waals surface area (Å²) in [6.07, 6.45) is -2.08. The first kappa shape index (κ1) is 15.2. The third-order valence-corrected chi connectivity index (χ3v) is 2.65. The van der Waals surface area contributed by atoms with Crippen molar-refractivity contribution < 1.29 is 17.9 Å². The molecule has 2 aromatic rings. The fourth-order valence-electron chi connectivity index (χ4n) is 1.66. The largest absolute Gasteiger partial charge is 0.463 e. The number of aryl methyl sites for hydroxylation is 1. The van der Waals surface area contributed by atoms with Gasteiger partial charge in [0.2, 0.25) is 0 Å². The molecular weight excluding hydrogens is 283 g/mol. The van der Waals surface area contributed by atoms with Crippen molar-refractivity contribution in [2.75, 3.05) is 6.61 Å². The van der Waals surface area contributed by atoms with Crippen molar-refractivity contribution in [2.24, 2.45) is 0 Å². The third kappa shape index (κ3) is 5.02. The molecule has 0 unspecified atom stereocenters. The van der Waals surface area contributed by atoms with Crippen molar-refractivity contribution in [3.05, 3.63) is 36.3 Å². The summed E-state index contributed by atoms with van der Waals surface area (Å²) in [7, 11) is 0. The lowest BCUT2D eigenvalue weighted by Crippen LogP contribution is -2.10. The molecule has 0 N–H and O–H groups in total. The van der Waals surface area contributed by atoms with Crippen LogP contribution in [0.3, 0.4) is 0 Å². The van der Waals surface area contributed by atoms with Crippen LogP contribution in [0, 0.1) is 6.92 Å². The first-order chi connectivity index (χ1) is 9.94. The van der Waals surface area contributed by atoms with E-state index in [9.17, 15) is 13.2 Å². The maximum absolute atomic E-state index is 12.0. The van der Waals surface area contributed by atoms with Crippen molar-refractivity contribution in [3.63, 3.8) is 0 Å². The summed E-state index contributed by atoms with van der Waals surface area (Å²) in [5.41, 5.74) is 2.33. The molecule has 0 amide bonds. The van der Waals surface area contributed by atoms with Crippen LogP contribution < -0.4 is 4.74 Å². The van der Waals surface area contributed by atoms with Crippen molar-refractivity contribution in [3.8, 4) is 17.3 Å². The molecule has 0 spiro atoms. The molecule has 0 aromatic carbocycles. The molecule has 0 saturated carbocycles. The second-order valence-corrected chi connectivity index (χ2v) is 4.49. The number of alkyl halides is 3. The standard InChI is InChI=1S/C14H14F3N3O/c1-10-4-2-5-12(20-10)11-8-18-13(19-9-11)21-7-3-6-14(15,16)17/h2,4-5,8-9H,3,6-7H2,1H3. The fourth-order valence-corrected chi connectivity index (χ4v) is 1.66. The van der Waals surface area contributed by atoms with Gasteiger partial charge in [0.15, 0.2) is 0 Å². The molecule has 112 valence electrons. The zero-order valence-corrected chi connectivity index (χ0v) is 11.4. The minimum absolute atomic E-state index is 0.0635. The van der Waals surface area contributed by atoms with Gasteiger partial charge < -0.3 is 4.74 Å². The minimum Gasteiger partial charge on any atom is -0.463 e. The van der Waals surface area contributed by atoms with Crippen molar-refractivity contribution in [1.82, 2.24) is 15.0 Å². The lowest BCUT2D eigenvalue weighted by atomic mass is 10.2. The SMILES string of the molecule is Cc1cccc(-c2cnc(OCCCC(F)(F)F)nc2)n1. The lowest BCUT2D eigenvalue weighted by molar-refractivity contribution is -0.136. The highest BCUT2D eigenvalue weighted by Crippen LogP contribution is 2.21. The van der Waals surface area contributed by atoms with Crippen molar-refractivity contribution >= 4 is 0 Å². The maximum atomic E-state index is 12.0. The number of pyridine rings is 1. The molecule has 0 bridgehead atoms. The first-order valence-electron chi connectivity index (χ1n) is 6.40. The van der Waals surface area contributed by atoms with Gasteiger partial charge in [-0.05, 0) is 25.5 Å². The quantitative estimate of drug-likeness (QED) is 0.792. The zero-order chi connectivity index (χ0) is 15.3. The average Bonchev–Trinajstić information content (AvgIpc) is 2.43. The second kappa shape index (κ2) is 6.51. The number of rotatable bonds is 5. The number of halogens is 3. The molecule has 2 rings (SSSR count).